The largest absolute Gasteiger partial charge is 0.310 e. The number of hydrogen-bond donors (Lipinski definition) is 0. The van der Waals surface area contributed by atoms with Gasteiger partial charge in [-0.2, -0.15) is 0 Å². The number of nitrogens with zero attached hydrogens (tertiary/aromatic N) is 1. The molecule has 1 aromatic carbocycles. The lowest BCUT2D eigenvalue weighted by Crippen LogP contribution is -2.08. The fourth-order valence-electron chi connectivity index (χ4n) is 0.728. The van der Waals surface area contributed by atoms with Crippen LogP contribution in [0.3, 0.4) is 0 Å². The van der Waals surface area contributed by atoms with Crippen LogP contribution in [0.1, 0.15) is 22.8 Å². The summed E-state index contributed by atoms with van der Waals surface area (Å²) in [7, 11) is 4.11. The average molecular weight is 228 g/mol. The average Bonchev–Trinajstić information content (AvgIpc) is 2.19. The minimum Gasteiger partial charge on any atom is -0.310 e. The molecule has 1 aromatic rings. The summed E-state index contributed by atoms with van der Waals surface area (Å²) in [5, 5.41) is 0.523. The highest BCUT2D eigenvalue weighted by atomic mass is 35.5. The Kier molecular flexibility index (Phi) is 7.01. The molecule has 2 nitrogen and oxygen atoms in total. The maximum atomic E-state index is 10.3. The van der Waals surface area contributed by atoms with Crippen LogP contribution in [-0.2, 0) is 0 Å². The van der Waals surface area contributed by atoms with Gasteiger partial charge in [-0.25, -0.2) is 0 Å². The lowest BCUT2D eigenvalue weighted by molar-refractivity contribution is 0.112. The predicted octanol–water partition coefficient (Wildman–Crippen LogP) is 3.03. The molecule has 1 rings (SSSR count). The fourth-order valence-corrected chi connectivity index (χ4v) is 1.01. The van der Waals surface area contributed by atoms with Crippen LogP contribution in [0.2, 0.25) is 5.02 Å². The first kappa shape index (κ1) is 14.1. The van der Waals surface area contributed by atoms with Gasteiger partial charge >= 0.3 is 0 Å². The molecule has 0 amide bonds. The van der Waals surface area contributed by atoms with Gasteiger partial charge in [0.2, 0.25) is 0 Å². The molecule has 0 atom stereocenters. The highest BCUT2D eigenvalue weighted by molar-refractivity contribution is 6.33. The number of rotatable bonds is 2. The van der Waals surface area contributed by atoms with E-state index >= 15 is 0 Å². The third kappa shape index (κ3) is 6.26. The first-order valence-corrected chi connectivity index (χ1v) is 5.25. The van der Waals surface area contributed by atoms with Crippen molar-refractivity contribution < 1.29 is 4.79 Å². The molecule has 0 heterocycles. The molecular formula is C12H18ClNO. The molecule has 3 heteroatoms. The van der Waals surface area contributed by atoms with Crippen molar-refractivity contribution in [1.29, 1.82) is 0 Å². The Balaban J connectivity index is 0.000000336. The summed E-state index contributed by atoms with van der Waals surface area (Å²) in [4.78, 5) is 12.4. The second kappa shape index (κ2) is 7.43. The molecule has 0 N–H and O–H groups in total. The Morgan fingerprint density at radius 2 is 1.93 bits per heavy atom. The Hall–Kier alpha value is -0.860. The van der Waals surface area contributed by atoms with Crippen molar-refractivity contribution in [2.24, 2.45) is 0 Å². The van der Waals surface area contributed by atoms with Crippen molar-refractivity contribution in [3.63, 3.8) is 0 Å². The van der Waals surface area contributed by atoms with Gasteiger partial charge in [-0.15, -0.1) is 0 Å². The quantitative estimate of drug-likeness (QED) is 0.724. The smallest absolute Gasteiger partial charge is 0.151 e. The van der Waals surface area contributed by atoms with Gasteiger partial charge in [0.25, 0.3) is 0 Å². The Morgan fingerprint density at radius 3 is 2.27 bits per heavy atom. The lowest BCUT2D eigenvalue weighted by atomic mass is 10.2. The normalized spacial score (nSPS) is 9.47. The van der Waals surface area contributed by atoms with Gasteiger partial charge in [-0.3, -0.25) is 4.79 Å². The van der Waals surface area contributed by atoms with E-state index in [-0.39, 0.29) is 0 Å². The SMILES string of the molecule is CCN(C)C.Cc1ccc(C=O)c(Cl)c1. The highest BCUT2D eigenvalue weighted by Crippen LogP contribution is 2.14. The number of aryl methyl sites for hydroxylation is 1. The number of carbonyl (C=O) groups excluding carboxylic acids is 1. The van der Waals surface area contributed by atoms with E-state index < -0.39 is 0 Å². The summed E-state index contributed by atoms with van der Waals surface area (Å²) in [5.74, 6) is 0. The molecule has 0 aliphatic carbocycles. The maximum Gasteiger partial charge on any atom is 0.151 e. The van der Waals surface area contributed by atoms with E-state index in [1.165, 1.54) is 0 Å². The minimum absolute atomic E-state index is 0.523. The van der Waals surface area contributed by atoms with Crippen molar-refractivity contribution in [3.8, 4) is 0 Å². The van der Waals surface area contributed by atoms with Crippen LogP contribution in [0, 0.1) is 6.92 Å². The molecule has 0 aliphatic rings. The molecule has 0 radical (unpaired) electrons. The summed E-state index contributed by atoms with van der Waals surface area (Å²) in [5.41, 5.74) is 1.61. The van der Waals surface area contributed by atoms with E-state index in [1.807, 2.05) is 13.0 Å². The molecule has 84 valence electrons. The molecule has 0 aromatic heterocycles. The molecule has 15 heavy (non-hydrogen) atoms. The third-order valence-corrected chi connectivity index (χ3v) is 2.24. The molecular weight excluding hydrogens is 210 g/mol. The van der Waals surface area contributed by atoms with Crippen molar-refractivity contribution in [3.05, 3.63) is 34.3 Å². The van der Waals surface area contributed by atoms with E-state index in [1.54, 1.807) is 12.1 Å². The van der Waals surface area contributed by atoms with Crippen LogP contribution in [0.25, 0.3) is 0 Å². The van der Waals surface area contributed by atoms with Gasteiger partial charge in [0.05, 0.1) is 5.02 Å². The maximum absolute atomic E-state index is 10.3. The predicted molar refractivity (Wildman–Crippen MR) is 65.8 cm³/mol. The Bertz CT molecular complexity index is 310. The molecule has 0 unspecified atom stereocenters. The third-order valence-electron chi connectivity index (χ3n) is 1.92. The summed E-state index contributed by atoms with van der Waals surface area (Å²) < 4.78 is 0. The number of benzene rings is 1. The Labute approximate surface area is 96.9 Å². The van der Waals surface area contributed by atoms with E-state index in [4.69, 9.17) is 11.6 Å². The van der Waals surface area contributed by atoms with E-state index in [2.05, 4.69) is 25.9 Å². The molecule has 0 bridgehead atoms. The van der Waals surface area contributed by atoms with Gasteiger partial charge in [0.15, 0.2) is 6.29 Å². The van der Waals surface area contributed by atoms with Crippen LogP contribution >= 0.6 is 11.6 Å². The second-order valence-electron chi connectivity index (χ2n) is 3.54. The van der Waals surface area contributed by atoms with Crippen LogP contribution in [0.15, 0.2) is 18.2 Å². The topological polar surface area (TPSA) is 20.3 Å². The van der Waals surface area contributed by atoms with Crippen molar-refractivity contribution in [1.82, 2.24) is 4.90 Å². The van der Waals surface area contributed by atoms with Crippen molar-refractivity contribution in [2.45, 2.75) is 13.8 Å². The zero-order chi connectivity index (χ0) is 11.8. The zero-order valence-corrected chi connectivity index (χ0v) is 10.5. The molecule has 0 spiro atoms. The van der Waals surface area contributed by atoms with Crippen LogP contribution in [0.4, 0.5) is 0 Å². The minimum atomic E-state index is 0.523. The molecule has 0 saturated heterocycles. The van der Waals surface area contributed by atoms with E-state index in [9.17, 15) is 4.79 Å². The lowest BCUT2D eigenvalue weighted by Gasteiger charge is -2.00. The van der Waals surface area contributed by atoms with Gasteiger partial charge in [-0.1, -0.05) is 24.6 Å². The summed E-state index contributed by atoms with van der Waals surface area (Å²) in [6.07, 6.45) is 0.752. The summed E-state index contributed by atoms with van der Waals surface area (Å²) >= 11 is 5.70. The number of hydrogen-bond acceptors (Lipinski definition) is 2. The van der Waals surface area contributed by atoms with Crippen LogP contribution in [0.5, 0.6) is 0 Å². The van der Waals surface area contributed by atoms with Gasteiger partial charge in [0, 0.05) is 5.56 Å². The van der Waals surface area contributed by atoms with Crippen molar-refractivity contribution in [2.75, 3.05) is 20.6 Å². The number of carbonyl (C=O) groups is 1. The number of aldehydes is 1. The second-order valence-corrected chi connectivity index (χ2v) is 3.95. The van der Waals surface area contributed by atoms with Crippen LogP contribution in [-0.4, -0.2) is 31.8 Å². The van der Waals surface area contributed by atoms with Crippen LogP contribution < -0.4 is 0 Å². The standard InChI is InChI=1S/C8H7ClO.C4H11N/c1-6-2-3-7(5-10)8(9)4-6;1-4-5(2)3/h2-5H,1H3;4H2,1-3H3. The first-order valence-electron chi connectivity index (χ1n) is 4.87. The Morgan fingerprint density at radius 1 is 1.40 bits per heavy atom. The highest BCUT2D eigenvalue weighted by Gasteiger charge is 1.96. The van der Waals surface area contributed by atoms with Crippen molar-refractivity contribution >= 4 is 17.9 Å². The van der Waals surface area contributed by atoms with E-state index in [0.717, 1.165) is 18.4 Å². The number of halogens is 1. The first-order chi connectivity index (χ1) is 7.01. The molecule has 0 saturated carbocycles. The van der Waals surface area contributed by atoms with Gasteiger partial charge in [0.1, 0.15) is 0 Å². The van der Waals surface area contributed by atoms with E-state index in [0.29, 0.717) is 10.6 Å². The molecule has 0 fully saturated rings. The fraction of sp³-hybridized carbons (Fsp3) is 0.417. The summed E-state index contributed by atoms with van der Waals surface area (Å²) in [6, 6.07) is 5.34. The zero-order valence-electron chi connectivity index (χ0n) is 9.75. The summed E-state index contributed by atoms with van der Waals surface area (Å²) in [6.45, 7) is 5.19. The monoisotopic (exact) mass is 227 g/mol. The van der Waals surface area contributed by atoms with Gasteiger partial charge in [-0.05, 0) is 45.3 Å². The molecule has 0 aliphatic heterocycles. The van der Waals surface area contributed by atoms with Gasteiger partial charge < -0.3 is 4.90 Å².